The van der Waals surface area contributed by atoms with Crippen LogP contribution in [0.3, 0.4) is 0 Å². The summed E-state index contributed by atoms with van der Waals surface area (Å²) in [6.07, 6.45) is -3.05. The molecule has 0 unspecified atom stereocenters. The van der Waals surface area contributed by atoms with Gasteiger partial charge in [0.2, 0.25) is 5.63 Å². The molecule has 0 aliphatic rings. The molecule has 6 heavy (non-hydrogen) atoms. The summed E-state index contributed by atoms with van der Waals surface area (Å²) in [6, 6.07) is 0. The van der Waals surface area contributed by atoms with Crippen LogP contribution in [-0.2, 0) is 0 Å². The average molecular weight is 118 g/mol. The standard InChI is InChI=1S/C2H2ClF3/c3-1(4)2(5)6/h1-2H/t1-/m0/s1. The minimum Gasteiger partial charge on any atom is -0.224 e. The Morgan fingerprint density at radius 1 is 1.17 bits per heavy atom. The first kappa shape index (κ1) is 6.08. The Labute approximate surface area is 37.9 Å². The fourth-order valence-corrected chi connectivity index (χ4v) is 0. The summed E-state index contributed by atoms with van der Waals surface area (Å²) in [7, 11) is 0. The van der Waals surface area contributed by atoms with Gasteiger partial charge < -0.3 is 0 Å². The van der Waals surface area contributed by atoms with E-state index in [0.29, 0.717) is 0 Å². The van der Waals surface area contributed by atoms with E-state index < -0.39 is 12.1 Å². The fraction of sp³-hybridized carbons (Fsp3) is 1.00. The minimum absolute atomic E-state index is 2.51. The zero-order valence-electron chi connectivity index (χ0n) is 2.67. The smallest absolute Gasteiger partial charge is 0.224 e. The lowest BCUT2D eigenvalue weighted by Gasteiger charge is -1.90. The number of halogens is 4. The first-order chi connectivity index (χ1) is 2.64. The maximum Gasteiger partial charge on any atom is 0.283 e. The van der Waals surface area contributed by atoms with Crippen LogP contribution < -0.4 is 0 Å². The molecular weight excluding hydrogens is 116 g/mol. The van der Waals surface area contributed by atoms with Crippen LogP contribution in [0.15, 0.2) is 0 Å². The SMILES string of the molecule is FC(F)[C@H](F)Cl. The molecule has 0 radical (unpaired) electrons. The molecule has 4 heteroatoms. The van der Waals surface area contributed by atoms with Gasteiger partial charge in [-0.15, -0.1) is 0 Å². The van der Waals surface area contributed by atoms with Crippen molar-refractivity contribution in [2.24, 2.45) is 0 Å². The van der Waals surface area contributed by atoms with Gasteiger partial charge in [-0.3, -0.25) is 0 Å². The third-order valence-electron chi connectivity index (χ3n) is 0.190. The molecule has 0 amide bonds. The number of hydrogen-bond acceptors (Lipinski definition) is 0. The topological polar surface area (TPSA) is 0 Å². The summed E-state index contributed by atoms with van der Waals surface area (Å²) in [4.78, 5) is 0. The molecule has 0 aliphatic heterocycles. The van der Waals surface area contributed by atoms with Crippen molar-refractivity contribution in [3.05, 3.63) is 0 Å². The lowest BCUT2D eigenvalue weighted by atomic mass is 10.8. The Morgan fingerprint density at radius 3 is 1.33 bits per heavy atom. The summed E-state index contributed by atoms with van der Waals surface area (Å²) in [5, 5.41) is 0. The van der Waals surface area contributed by atoms with E-state index >= 15 is 0 Å². The quantitative estimate of drug-likeness (QED) is 0.461. The summed E-state index contributed by atoms with van der Waals surface area (Å²) in [5.41, 5.74) is -2.51. The van der Waals surface area contributed by atoms with Gasteiger partial charge in [-0.25, -0.2) is 13.2 Å². The van der Waals surface area contributed by atoms with Crippen LogP contribution in [0.25, 0.3) is 0 Å². The van der Waals surface area contributed by atoms with E-state index in [9.17, 15) is 13.2 Å². The zero-order valence-corrected chi connectivity index (χ0v) is 3.42. The van der Waals surface area contributed by atoms with Gasteiger partial charge in [-0.1, -0.05) is 11.6 Å². The van der Waals surface area contributed by atoms with Crippen LogP contribution in [0.1, 0.15) is 0 Å². The lowest BCUT2D eigenvalue weighted by molar-refractivity contribution is 0.0916. The van der Waals surface area contributed by atoms with Gasteiger partial charge in [0.25, 0.3) is 6.43 Å². The van der Waals surface area contributed by atoms with E-state index in [-0.39, 0.29) is 0 Å². The predicted octanol–water partition coefficient (Wildman–Crippen LogP) is 1.79. The molecule has 0 aliphatic carbocycles. The minimum atomic E-state index is -3.05. The Hall–Kier alpha value is 0.0800. The van der Waals surface area contributed by atoms with Crippen molar-refractivity contribution < 1.29 is 13.2 Å². The van der Waals surface area contributed by atoms with Crippen LogP contribution >= 0.6 is 11.6 Å². The molecule has 0 heterocycles. The van der Waals surface area contributed by atoms with Crippen molar-refractivity contribution in [2.45, 2.75) is 12.1 Å². The highest BCUT2D eigenvalue weighted by atomic mass is 35.5. The van der Waals surface area contributed by atoms with Crippen LogP contribution in [-0.4, -0.2) is 12.1 Å². The van der Waals surface area contributed by atoms with Gasteiger partial charge in [0.15, 0.2) is 0 Å². The molecule has 1 atom stereocenters. The van der Waals surface area contributed by atoms with Crippen molar-refractivity contribution in [3.8, 4) is 0 Å². The van der Waals surface area contributed by atoms with E-state index in [2.05, 4.69) is 11.6 Å². The van der Waals surface area contributed by atoms with Crippen molar-refractivity contribution in [2.75, 3.05) is 0 Å². The maximum atomic E-state index is 10.8. The van der Waals surface area contributed by atoms with Gasteiger partial charge in [-0.2, -0.15) is 0 Å². The van der Waals surface area contributed by atoms with Crippen LogP contribution in [0.5, 0.6) is 0 Å². The van der Waals surface area contributed by atoms with E-state index in [1.165, 1.54) is 0 Å². The predicted molar refractivity (Wildman–Crippen MR) is 16.8 cm³/mol. The molecular formula is C2H2ClF3. The second kappa shape index (κ2) is 2.29. The number of rotatable bonds is 1. The van der Waals surface area contributed by atoms with E-state index in [0.717, 1.165) is 0 Å². The van der Waals surface area contributed by atoms with Gasteiger partial charge in [0, 0.05) is 0 Å². The lowest BCUT2D eigenvalue weighted by Crippen LogP contribution is -2.01. The van der Waals surface area contributed by atoms with Crippen LogP contribution in [0.4, 0.5) is 13.2 Å². The summed E-state index contributed by atoms with van der Waals surface area (Å²) >= 11 is 4.20. The highest BCUT2D eigenvalue weighted by Gasteiger charge is 2.13. The molecule has 0 saturated carbocycles. The second-order valence-electron chi connectivity index (χ2n) is 0.669. The van der Waals surface area contributed by atoms with Gasteiger partial charge in [0.05, 0.1) is 0 Å². The Bertz CT molecular complexity index is 29.8. The number of hydrogen-bond donors (Lipinski definition) is 0. The van der Waals surface area contributed by atoms with Gasteiger partial charge in [0.1, 0.15) is 0 Å². The van der Waals surface area contributed by atoms with Crippen LogP contribution in [0.2, 0.25) is 0 Å². The van der Waals surface area contributed by atoms with Gasteiger partial charge >= 0.3 is 0 Å². The Balaban J connectivity index is 2.99. The molecule has 0 fully saturated rings. The summed E-state index contributed by atoms with van der Waals surface area (Å²) in [5.74, 6) is 0. The monoisotopic (exact) mass is 118 g/mol. The van der Waals surface area contributed by atoms with Crippen molar-refractivity contribution in [1.29, 1.82) is 0 Å². The zero-order chi connectivity index (χ0) is 5.15. The molecule has 0 aromatic rings. The highest BCUT2D eigenvalue weighted by molar-refractivity contribution is 6.19. The molecule has 38 valence electrons. The third-order valence-corrected chi connectivity index (χ3v) is 0.381. The molecule has 0 N–H and O–H groups in total. The van der Waals surface area contributed by atoms with Gasteiger partial charge in [-0.05, 0) is 0 Å². The molecule has 0 spiro atoms. The highest BCUT2D eigenvalue weighted by Crippen LogP contribution is 2.07. The average Bonchev–Trinajstić information content (AvgIpc) is 1.36. The Kier molecular flexibility index (Phi) is 2.32. The molecule has 0 aromatic carbocycles. The number of alkyl halides is 4. The van der Waals surface area contributed by atoms with Crippen molar-refractivity contribution >= 4 is 11.6 Å². The van der Waals surface area contributed by atoms with E-state index in [4.69, 9.17) is 0 Å². The first-order valence-corrected chi connectivity index (χ1v) is 1.64. The second-order valence-corrected chi connectivity index (χ2v) is 1.09. The van der Waals surface area contributed by atoms with E-state index in [1.54, 1.807) is 0 Å². The van der Waals surface area contributed by atoms with Crippen molar-refractivity contribution in [3.63, 3.8) is 0 Å². The van der Waals surface area contributed by atoms with E-state index in [1.807, 2.05) is 0 Å². The Morgan fingerprint density at radius 2 is 1.33 bits per heavy atom. The molecule has 0 nitrogen and oxygen atoms in total. The summed E-state index contributed by atoms with van der Waals surface area (Å²) in [6.45, 7) is 0. The largest absolute Gasteiger partial charge is 0.283 e. The third kappa shape index (κ3) is 2.33. The van der Waals surface area contributed by atoms with Crippen LogP contribution in [0, 0.1) is 0 Å². The first-order valence-electron chi connectivity index (χ1n) is 1.21. The molecule has 0 rings (SSSR count). The summed E-state index contributed by atoms with van der Waals surface area (Å²) < 4.78 is 32.1. The van der Waals surface area contributed by atoms with Crippen molar-refractivity contribution in [1.82, 2.24) is 0 Å². The normalized spacial score (nSPS) is 15.5. The fourth-order valence-electron chi connectivity index (χ4n) is 0. The maximum absolute atomic E-state index is 10.8. The molecule has 0 bridgehead atoms. The molecule has 0 saturated heterocycles. The molecule has 0 aromatic heterocycles.